The summed E-state index contributed by atoms with van der Waals surface area (Å²) in [4.78, 5) is 13.5. The second-order valence-electron chi connectivity index (χ2n) is 4.57. The maximum atomic E-state index is 12.0. The second kappa shape index (κ2) is 8.53. The van der Waals surface area contributed by atoms with Gasteiger partial charge in [-0.3, -0.25) is 4.79 Å². The molecular formula is C14H20F2N2O3. The van der Waals surface area contributed by atoms with Crippen molar-refractivity contribution in [1.82, 2.24) is 4.90 Å². The number of hydrogen-bond acceptors (Lipinski definition) is 4. The molecule has 0 spiro atoms. The average Bonchev–Trinajstić information content (AvgIpc) is 2.45. The largest absolute Gasteiger partial charge is 0.435 e. The van der Waals surface area contributed by atoms with Crippen LogP contribution in [0.25, 0.3) is 0 Å². The lowest BCUT2D eigenvalue weighted by atomic mass is 10.2. The zero-order chi connectivity index (χ0) is 15.8. The van der Waals surface area contributed by atoms with Crippen molar-refractivity contribution in [2.75, 3.05) is 20.7 Å². The van der Waals surface area contributed by atoms with Crippen molar-refractivity contribution in [2.24, 2.45) is 5.73 Å². The highest BCUT2D eigenvalue weighted by Gasteiger charge is 2.15. The van der Waals surface area contributed by atoms with Gasteiger partial charge >= 0.3 is 6.61 Å². The third-order valence-corrected chi connectivity index (χ3v) is 2.99. The fraction of sp³-hybridized carbons (Fsp3) is 0.500. The summed E-state index contributed by atoms with van der Waals surface area (Å²) in [6, 6.07) is 6.16. The Morgan fingerprint density at radius 1 is 1.33 bits per heavy atom. The van der Waals surface area contributed by atoms with Crippen molar-refractivity contribution in [2.45, 2.75) is 25.7 Å². The molecule has 0 aliphatic rings. The number of methoxy groups -OCH3 is 1. The summed E-state index contributed by atoms with van der Waals surface area (Å²) in [5.74, 6) is -0.00878. The van der Waals surface area contributed by atoms with Gasteiger partial charge in [0, 0.05) is 27.2 Å². The highest BCUT2D eigenvalue weighted by Crippen LogP contribution is 2.16. The van der Waals surface area contributed by atoms with Gasteiger partial charge in [-0.1, -0.05) is 12.1 Å². The van der Waals surface area contributed by atoms with E-state index in [1.165, 1.54) is 24.1 Å². The predicted molar refractivity (Wildman–Crippen MR) is 74.0 cm³/mol. The fourth-order valence-electron chi connectivity index (χ4n) is 1.75. The number of alkyl halides is 2. The summed E-state index contributed by atoms with van der Waals surface area (Å²) in [7, 11) is 3.17. The van der Waals surface area contributed by atoms with Crippen LogP contribution >= 0.6 is 0 Å². The van der Waals surface area contributed by atoms with Gasteiger partial charge in [0.25, 0.3) is 0 Å². The van der Waals surface area contributed by atoms with Crippen LogP contribution in [0, 0.1) is 0 Å². The minimum atomic E-state index is -2.85. The normalized spacial score (nSPS) is 12.3. The Morgan fingerprint density at radius 2 is 1.95 bits per heavy atom. The summed E-state index contributed by atoms with van der Waals surface area (Å²) in [6.45, 7) is -2.20. The van der Waals surface area contributed by atoms with E-state index in [0.717, 1.165) is 5.56 Å². The van der Waals surface area contributed by atoms with Crippen molar-refractivity contribution in [3.63, 3.8) is 0 Å². The molecule has 5 nitrogen and oxygen atoms in total. The van der Waals surface area contributed by atoms with Gasteiger partial charge in [-0.05, 0) is 17.7 Å². The minimum Gasteiger partial charge on any atom is -0.435 e. The Kier molecular flexibility index (Phi) is 7.04. The van der Waals surface area contributed by atoms with Crippen molar-refractivity contribution >= 4 is 5.91 Å². The number of ether oxygens (including phenoxy) is 2. The molecule has 2 N–H and O–H groups in total. The molecule has 0 aliphatic heterocycles. The van der Waals surface area contributed by atoms with Crippen LogP contribution in [-0.4, -0.2) is 44.2 Å². The molecule has 7 heteroatoms. The van der Waals surface area contributed by atoms with Crippen LogP contribution in [0.4, 0.5) is 8.78 Å². The first-order valence-corrected chi connectivity index (χ1v) is 6.46. The van der Waals surface area contributed by atoms with Crippen molar-refractivity contribution in [1.29, 1.82) is 0 Å². The van der Waals surface area contributed by atoms with Crippen LogP contribution in [0.2, 0.25) is 0 Å². The van der Waals surface area contributed by atoms with E-state index in [1.54, 1.807) is 19.2 Å². The van der Waals surface area contributed by atoms with E-state index in [9.17, 15) is 13.6 Å². The van der Waals surface area contributed by atoms with E-state index < -0.39 is 6.61 Å². The summed E-state index contributed by atoms with van der Waals surface area (Å²) in [6.07, 6.45) is -0.0995. The summed E-state index contributed by atoms with van der Waals surface area (Å²) >= 11 is 0. The molecule has 21 heavy (non-hydrogen) atoms. The Balaban J connectivity index is 2.53. The first-order valence-electron chi connectivity index (χ1n) is 6.46. The number of amides is 1. The van der Waals surface area contributed by atoms with Gasteiger partial charge in [0.1, 0.15) is 5.75 Å². The van der Waals surface area contributed by atoms with Gasteiger partial charge in [-0.2, -0.15) is 8.78 Å². The van der Waals surface area contributed by atoms with Crippen LogP contribution < -0.4 is 10.5 Å². The molecule has 0 aromatic heterocycles. The van der Waals surface area contributed by atoms with Crippen LogP contribution in [0.3, 0.4) is 0 Å². The molecule has 0 saturated heterocycles. The van der Waals surface area contributed by atoms with Crippen LogP contribution in [-0.2, 0) is 16.1 Å². The SMILES string of the molecule is COC(CN)CC(=O)N(C)Cc1ccc(OC(F)F)cc1. The number of benzene rings is 1. The summed E-state index contributed by atoms with van der Waals surface area (Å²) in [5.41, 5.74) is 6.28. The average molecular weight is 302 g/mol. The first-order chi connectivity index (χ1) is 9.96. The number of carbonyl (C=O) groups is 1. The summed E-state index contributed by atoms with van der Waals surface area (Å²) < 4.78 is 33.4. The Labute approximate surface area is 122 Å². The molecule has 1 unspecified atom stereocenters. The predicted octanol–water partition coefficient (Wildman–Crippen LogP) is 1.61. The van der Waals surface area contributed by atoms with E-state index in [2.05, 4.69) is 4.74 Å². The molecule has 1 rings (SSSR count). The van der Waals surface area contributed by atoms with Crippen molar-refractivity contribution < 1.29 is 23.0 Å². The molecule has 0 radical (unpaired) electrons. The number of hydrogen-bond donors (Lipinski definition) is 1. The lowest BCUT2D eigenvalue weighted by Gasteiger charge is -2.20. The van der Waals surface area contributed by atoms with Crippen molar-refractivity contribution in [3.8, 4) is 5.75 Å². The molecule has 1 amide bonds. The minimum absolute atomic E-state index is 0.0882. The van der Waals surface area contributed by atoms with E-state index in [-0.39, 0.29) is 30.7 Å². The van der Waals surface area contributed by atoms with Gasteiger partial charge in [0.05, 0.1) is 12.5 Å². The third kappa shape index (κ3) is 6.05. The maximum Gasteiger partial charge on any atom is 0.387 e. The van der Waals surface area contributed by atoms with Gasteiger partial charge in [0.15, 0.2) is 0 Å². The molecular weight excluding hydrogens is 282 g/mol. The van der Waals surface area contributed by atoms with E-state index in [4.69, 9.17) is 10.5 Å². The van der Waals surface area contributed by atoms with E-state index in [0.29, 0.717) is 6.54 Å². The number of carbonyl (C=O) groups excluding carboxylic acids is 1. The van der Waals surface area contributed by atoms with Crippen LogP contribution in [0.5, 0.6) is 5.75 Å². The smallest absolute Gasteiger partial charge is 0.387 e. The zero-order valence-electron chi connectivity index (χ0n) is 12.1. The zero-order valence-corrected chi connectivity index (χ0v) is 12.1. The third-order valence-electron chi connectivity index (χ3n) is 2.99. The maximum absolute atomic E-state index is 12.0. The molecule has 1 aromatic carbocycles. The molecule has 0 bridgehead atoms. The van der Waals surface area contributed by atoms with E-state index in [1.807, 2.05) is 0 Å². The quantitative estimate of drug-likeness (QED) is 0.792. The summed E-state index contributed by atoms with van der Waals surface area (Å²) in [5, 5.41) is 0. The second-order valence-corrected chi connectivity index (χ2v) is 4.57. The topological polar surface area (TPSA) is 64.8 Å². The van der Waals surface area contributed by atoms with Gasteiger partial charge in [0.2, 0.25) is 5.91 Å². The molecule has 0 heterocycles. The Morgan fingerprint density at radius 3 is 2.43 bits per heavy atom. The van der Waals surface area contributed by atoms with E-state index >= 15 is 0 Å². The number of nitrogens with zero attached hydrogens (tertiary/aromatic N) is 1. The first kappa shape index (κ1) is 17.3. The van der Waals surface area contributed by atoms with Gasteiger partial charge in [-0.15, -0.1) is 0 Å². The lowest BCUT2D eigenvalue weighted by Crippen LogP contribution is -2.33. The van der Waals surface area contributed by atoms with Gasteiger partial charge < -0.3 is 20.1 Å². The molecule has 0 saturated carbocycles. The molecule has 0 fully saturated rings. The highest BCUT2D eigenvalue weighted by atomic mass is 19.3. The standard InChI is InChI=1S/C14H20F2N2O3/c1-18(13(19)7-12(8-17)20-2)9-10-3-5-11(6-4-10)21-14(15)16/h3-6,12,14H,7-9,17H2,1-2H3. The number of halogens is 2. The molecule has 118 valence electrons. The fourth-order valence-corrected chi connectivity index (χ4v) is 1.75. The van der Waals surface area contributed by atoms with Crippen LogP contribution in [0.15, 0.2) is 24.3 Å². The van der Waals surface area contributed by atoms with Crippen LogP contribution in [0.1, 0.15) is 12.0 Å². The monoisotopic (exact) mass is 302 g/mol. The Hall–Kier alpha value is -1.73. The molecule has 1 atom stereocenters. The molecule has 1 aromatic rings. The number of nitrogens with two attached hydrogens (primary N) is 1. The lowest BCUT2D eigenvalue weighted by molar-refractivity contribution is -0.132. The molecule has 0 aliphatic carbocycles. The van der Waals surface area contributed by atoms with Crippen molar-refractivity contribution in [3.05, 3.63) is 29.8 Å². The van der Waals surface area contributed by atoms with Gasteiger partial charge in [-0.25, -0.2) is 0 Å². The highest BCUT2D eigenvalue weighted by molar-refractivity contribution is 5.76. The number of rotatable bonds is 8. The Bertz CT molecular complexity index is 436.